The molecule has 1 N–H and O–H groups in total. The van der Waals surface area contributed by atoms with Crippen LogP contribution in [0.5, 0.6) is 0 Å². The predicted molar refractivity (Wildman–Crippen MR) is 117 cm³/mol. The summed E-state index contributed by atoms with van der Waals surface area (Å²) in [7, 11) is -3.52. The third kappa shape index (κ3) is 5.59. The first kappa shape index (κ1) is 22.3. The molecule has 0 aliphatic heterocycles. The fraction of sp³-hybridized carbons (Fsp3) is 0.316. The van der Waals surface area contributed by atoms with Gasteiger partial charge in [0.1, 0.15) is 0 Å². The van der Waals surface area contributed by atoms with Gasteiger partial charge in [0.25, 0.3) is 0 Å². The van der Waals surface area contributed by atoms with Crippen LogP contribution in [0.3, 0.4) is 0 Å². The van der Waals surface area contributed by atoms with Crippen LogP contribution in [0.15, 0.2) is 40.2 Å². The number of carbonyl (C=O) groups is 1. The molecular formula is C19H21ClN4O4S2. The van der Waals surface area contributed by atoms with Crippen molar-refractivity contribution in [3.8, 4) is 10.7 Å². The van der Waals surface area contributed by atoms with E-state index in [0.717, 1.165) is 11.1 Å². The second-order valence-electron chi connectivity index (χ2n) is 6.59. The molecule has 2 aromatic heterocycles. The van der Waals surface area contributed by atoms with E-state index in [9.17, 15) is 13.2 Å². The Bertz CT molecular complexity index is 1110. The Balaban J connectivity index is 1.53. The van der Waals surface area contributed by atoms with Gasteiger partial charge in [-0.25, -0.2) is 8.42 Å². The summed E-state index contributed by atoms with van der Waals surface area (Å²) >= 11 is 7.62. The van der Waals surface area contributed by atoms with Crippen LogP contribution in [-0.4, -0.2) is 37.3 Å². The number of carbonyl (C=O) groups excluding carboxylic acids is 1. The zero-order valence-corrected chi connectivity index (χ0v) is 18.9. The highest BCUT2D eigenvalue weighted by Crippen LogP contribution is 2.28. The van der Waals surface area contributed by atoms with Gasteiger partial charge in [-0.3, -0.25) is 9.10 Å². The Morgan fingerprint density at radius 3 is 2.80 bits per heavy atom. The number of halogens is 1. The van der Waals surface area contributed by atoms with E-state index >= 15 is 0 Å². The van der Waals surface area contributed by atoms with Gasteiger partial charge in [-0.05, 0) is 42.5 Å². The molecule has 3 rings (SSSR count). The first-order valence-corrected chi connectivity index (χ1v) is 12.2. The molecule has 2 heterocycles. The lowest BCUT2D eigenvalue weighted by atomic mass is 10.2. The first-order chi connectivity index (χ1) is 14.3. The third-order valence-corrected chi connectivity index (χ3v) is 6.77. The van der Waals surface area contributed by atoms with E-state index in [2.05, 4.69) is 15.5 Å². The van der Waals surface area contributed by atoms with Gasteiger partial charge in [-0.15, -0.1) is 11.3 Å². The molecule has 1 aromatic carbocycles. The van der Waals surface area contributed by atoms with E-state index in [0.29, 0.717) is 34.4 Å². The fourth-order valence-electron chi connectivity index (χ4n) is 2.81. The number of sulfonamides is 1. The number of hydrogen-bond acceptors (Lipinski definition) is 7. The summed E-state index contributed by atoms with van der Waals surface area (Å²) in [5, 5.41) is 9.00. The molecule has 0 radical (unpaired) electrons. The van der Waals surface area contributed by atoms with Crippen LogP contribution in [0.25, 0.3) is 10.7 Å². The lowest BCUT2D eigenvalue weighted by Gasteiger charge is -2.24. The molecule has 3 aromatic rings. The number of rotatable bonds is 9. The van der Waals surface area contributed by atoms with Gasteiger partial charge in [0.15, 0.2) is 0 Å². The zero-order chi connectivity index (χ0) is 21.7. The summed E-state index contributed by atoms with van der Waals surface area (Å²) in [5.41, 5.74) is 1.18. The van der Waals surface area contributed by atoms with Gasteiger partial charge in [0.2, 0.25) is 27.6 Å². The van der Waals surface area contributed by atoms with Crippen LogP contribution in [0.4, 0.5) is 5.69 Å². The van der Waals surface area contributed by atoms with E-state index in [4.69, 9.17) is 16.1 Å². The minimum atomic E-state index is -3.52. The van der Waals surface area contributed by atoms with Crippen molar-refractivity contribution < 1.29 is 17.7 Å². The molecule has 0 unspecified atom stereocenters. The highest BCUT2D eigenvalue weighted by Gasteiger charge is 2.20. The van der Waals surface area contributed by atoms with Crippen LogP contribution >= 0.6 is 22.9 Å². The Labute approximate surface area is 183 Å². The summed E-state index contributed by atoms with van der Waals surface area (Å²) in [6.07, 6.45) is 1.63. The topological polar surface area (TPSA) is 105 Å². The number of hydrogen-bond donors (Lipinski definition) is 1. The second kappa shape index (κ2) is 9.59. The standard InChI is InChI=1S/C19H21ClN4O4S2/c1-13-14(20)6-3-7-15(13)24(30(2,26)27)10-4-9-17(25)21-12-18-22-19(23-28-18)16-8-5-11-29-16/h3,5-8,11H,4,9-10,12H2,1-2H3,(H,21,25). The van der Waals surface area contributed by atoms with E-state index in [1.54, 1.807) is 25.1 Å². The van der Waals surface area contributed by atoms with Gasteiger partial charge in [-0.1, -0.05) is 28.9 Å². The number of amides is 1. The molecule has 1 amide bonds. The number of nitrogens with one attached hydrogen (secondary N) is 1. The van der Waals surface area contributed by atoms with Crippen LogP contribution in [-0.2, 0) is 21.4 Å². The van der Waals surface area contributed by atoms with Crippen molar-refractivity contribution in [3.05, 3.63) is 52.2 Å². The monoisotopic (exact) mass is 468 g/mol. The highest BCUT2D eigenvalue weighted by molar-refractivity contribution is 7.92. The maximum atomic E-state index is 12.2. The lowest BCUT2D eigenvalue weighted by molar-refractivity contribution is -0.121. The Morgan fingerprint density at radius 2 is 2.10 bits per heavy atom. The smallest absolute Gasteiger partial charge is 0.246 e. The molecule has 11 heteroatoms. The van der Waals surface area contributed by atoms with E-state index in [1.807, 2.05) is 17.5 Å². The second-order valence-corrected chi connectivity index (χ2v) is 9.85. The molecule has 0 spiro atoms. The predicted octanol–water partition coefficient (Wildman–Crippen LogP) is 3.62. The van der Waals surface area contributed by atoms with Crippen molar-refractivity contribution in [1.82, 2.24) is 15.5 Å². The highest BCUT2D eigenvalue weighted by atomic mass is 35.5. The Morgan fingerprint density at radius 1 is 1.30 bits per heavy atom. The molecule has 0 saturated carbocycles. The minimum absolute atomic E-state index is 0.112. The van der Waals surface area contributed by atoms with Crippen LogP contribution in [0, 0.1) is 6.92 Å². The normalized spacial score (nSPS) is 11.4. The zero-order valence-electron chi connectivity index (χ0n) is 16.5. The first-order valence-electron chi connectivity index (χ1n) is 9.11. The van der Waals surface area contributed by atoms with Gasteiger partial charge in [-0.2, -0.15) is 4.98 Å². The van der Waals surface area contributed by atoms with Crippen molar-refractivity contribution in [1.29, 1.82) is 0 Å². The van der Waals surface area contributed by atoms with E-state index in [-0.39, 0.29) is 25.4 Å². The number of anilines is 1. The van der Waals surface area contributed by atoms with Crippen molar-refractivity contribution in [2.24, 2.45) is 0 Å². The van der Waals surface area contributed by atoms with Crippen LogP contribution in [0.2, 0.25) is 5.02 Å². The van der Waals surface area contributed by atoms with Crippen molar-refractivity contribution >= 4 is 44.6 Å². The Hall–Kier alpha value is -2.43. The average molecular weight is 469 g/mol. The van der Waals surface area contributed by atoms with Gasteiger partial charge in [0, 0.05) is 18.0 Å². The fourth-order valence-corrected chi connectivity index (χ4v) is 4.64. The number of aromatic nitrogens is 2. The quantitative estimate of drug-likeness (QED) is 0.514. The summed E-state index contributed by atoms with van der Waals surface area (Å²) < 4.78 is 30.9. The summed E-state index contributed by atoms with van der Waals surface area (Å²) in [6.45, 7) is 2.04. The van der Waals surface area contributed by atoms with Crippen molar-refractivity contribution in [3.63, 3.8) is 0 Å². The number of thiophene rings is 1. The molecule has 0 atom stereocenters. The third-order valence-electron chi connectivity index (χ3n) is 4.32. The van der Waals surface area contributed by atoms with Crippen molar-refractivity contribution in [2.75, 3.05) is 17.1 Å². The maximum absolute atomic E-state index is 12.2. The molecule has 0 aliphatic rings. The van der Waals surface area contributed by atoms with E-state index < -0.39 is 10.0 Å². The lowest BCUT2D eigenvalue weighted by Crippen LogP contribution is -2.32. The number of nitrogens with zero attached hydrogens (tertiary/aromatic N) is 3. The summed E-state index contributed by atoms with van der Waals surface area (Å²) in [5.74, 6) is 0.552. The van der Waals surface area contributed by atoms with E-state index in [1.165, 1.54) is 15.6 Å². The van der Waals surface area contributed by atoms with Gasteiger partial charge < -0.3 is 9.84 Å². The molecule has 160 valence electrons. The maximum Gasteiger partial charge on any atom is 0.246 e. The van der Waals surface area contributed by atoms with Gasteiger partial charge in [0.05, 0.1) is 23.4 Å². The summed E-state index contributed by atoms with van der Waals surface area (Å²) in [6, 6.07) is 8.87. The number of benzene rings is 1. The van der Waals surface area contributed by atoms with Crippen LogP contribution < -0.4 is 9.62 Å². The largest absolute Gasteiger partial charge is 0.347 e. The van der Waals surface area contributed by atoms with Gasteiger partial charge >= 0.3 is 0 Å². The average Bonchev–Trinajstić information content (AvgIpc) is 3.37. The van der Waals surface area contributed by atoms with Crippen LogP contribution in [0.1, 0.15) is 24.3 Å². The Kier molecular flexibility index (Phi) is 7.11. The summed E-state index contributed by atoms with van der Waals surface area (Å²) in [4.78, 5) is 17.3. The molecule has 0 saturated heterocycles. The molecule has 30 heavy (non-hydrogen) atoms. The van der Waals surface area contributed by atoms with Crippen molar-refractivity contribution in [2.45, 2.75) is 26.3 Å². The molecule has 0 bridgehead atoms. The molecule has 0 fully saturated rings. The molecule has 0 aliphatic carbocycles. The minimum Gasteiger partial charge on any atom is -0.347 e. The molecule has 8 nitrogen and oxygen atoms in total. The molecular weight excluding hydrogens is 448 g/mol. The SMILES string of the molecule is Cc1c(Cl)cccc1N(CCCC(=O)NCc1nc(-c2cccs2)no1)S(C)(=O)=O.